The summed E-state index contributed by atoms with van der Waals surface area (Å²) in [5, 5.41) is 9.25. The highest BCUT2D eigenvalue weighted by Crippen LogP contribution is 2.44. The Balaban J connectivity index is 1.21. The molecule has 12 rings (SSSR count). The highest BCUT2D eigenvalue weighted by molar-refractivity contribution is 6.17. The second-order valence-corrected chi connectivity index (χ2v) is 13.7. The Morgan fingerprint density at radius 3 is 1.37 bits per heavy atom. The fourth-order valence-electron chi connectivity index (χ4n) is 8.68. The van der Waals surface area contributed by atoms with Gasteiger partial charge >= 0.3 is 0 Å². The van der Waals surface area contributed by atoms with E-state index in [-0.39, 0.29) is 0 Å². The summed E-state index contributed by atoms with van der Waals surface area (Å²) < 4.78 is 18.3. The predicted octanol–water partition coefficient (Wildman–Crippen LogP) is 13.3. The van der Waals surface area contributed by atoms with Crippen LogP contribution < -0.4 is 0 Å². The van der Waals surface area contributed by atoms with Gasteiger partial charge in [-0.25, -0.2) is 0 Å². The Kier molecular flexibility index (Phi) is 5.47. The lowest BCUT2D eigenvalue weighted by Gasteiger charge is -2.12. The van der Waals surface area contributed by atoms with E-state index < -0.39 is 0 Å². The molecule has 0 N–H and O–H groups in total. The molecule has 242 valence electrons. The largest absolute Gasteiger partial charge is 0.455 e. The van der Waals surface area contributed by atoms with Gasteiger partial charge in [-0.3, -0.25) is 0 Å². The fraction of sp³-hybridized carbons (Fsp3) is 0. The molecule has 0 aliphatic rings. The maximum absolute atomic E-state index is 6.90. The summed E-state index contributed by atoms with van der Waals surface area (Å²) in [6.07, 6.45) is 0. The van der Waals surface area contributed by atoms with Gasteiger partial charge in [-0.2, -0.15) is 0 Å². The molecule has 0 aliphatic carbocycles. The first-order valence-corrected chi connectivity index (χ1v) is 17.7. The molecule has 4 heteroatoms. The Hall–Kier alpha value is -7.04. The number of aromatic nitrogens is 2. The summed E-state index contributed by atoms with van der Waals surface area (Å²) in [5.74, 6) is 0. The zero-order valence-corrected chi connectivity index (χ0v) is 27.9. The summed E-state index contributed by atoms with van der Waals surface area (Å²) in [4.78, 5) is 0. The maximum Gasteiger partial charge on any atom is 0.143 e. The smallest absolute Gasteiger partial charge is 0.143 e. The van der Waals surface area contributed by atoms with E-state index >= 15 is 0 Å². The molecule has 52 heavy (non-hydrogen) atoms. The number of fused-ring (bicyclic) bond motifs is 12. The number of nitrogens with zero attached hydrogens (tertiary/aromatic N) is 2. The summed E-state index contributed by atoms with van der Waals surface area (Å²) in [5.41, 5.74) is 12.3. The first-order chi connectivity index (χ1) is 25.8. The van der Waals surface area contributed by atoms with E-state index in [1.54, 1.807) is 0 Å². The molecule has 0 unspecified atom stereocenters. The van der Waals surface area contributed by atoms with Gasteiger partial charge in [0.1, 0.15) is 22.3 Å². The van der Waals surface area contributed by atoms with Crippen molar-refractivity contribution in [2.24, 2.45) is 0 Å². The molecular formula is C48H28N2O2. The summed E-state index contributed by atoms with van der Waals surface area (Å²) in [6, 6.07) is 60.5. The van der Waals surface area contributed by atoms with Crippen molar-refractivity contribution in [3.63, 3.8) is 0 Å². The molecule has 0 saturated carbocycles. The van der Waals surface area contributed by atoms with Crippen LogP contribution in [0.5, 0.6) is 0 Å². The van der Waals surface area contributed by atoms with Gasteiger partial charge in [0.2, 0.25) is 0 Å². The van der Waals surface area contributed by atoms with Gasteiger partial charge in [0, 0.05) is 65.6 Å². The molecule has 4 nitrogen and oxygen atoms in total. The molecular weight excluding hydrogens is 637 g/mol. The van der Waals surface area contributed by atoms with Gasteiger partial charge in [0.25, 0.3) is 0 Å². The van der Waals surface area contributed by atoms with Crippen LogP contribution in [-0.4, -0.2) is 9.13 Å². The van der Waals surface area contributed by atoms with E-state index in [1.165, 1.54) is 32.6 Å². The zero-order valence-electron chi connectivity index (χ0n) is 27.9. The van der Waals surface area contributed by atoms with Crippen LogP contribution in [0.25, 0.3) is 110 Å². The van der Waals surface area contributed by atoms with Gasteiger partial charge in [0.15, 0.2) is 0 Å². The molecule has 0 bridgehead atoms. The van der Waals surface area contributed by atoms with Gasteiger partial charge in [-0.1, -0.05) is 109 Å². The highest BCUT2D eigenvalue weighted by Gasteiger charge is 2.22. The first kappa shape index (κ1) is 27.7. The van der Waals surface area contributed by atoms with Gasteiger partial charge in [-0.05, 0) is 60.7 Å². The third-order valence-electron chi connectivity index (χ3n) is 10.9. The molecule has 8 aromatic carbocycles. The average molecular weight is 665 g/mol. The normalized spacial score (nSPS) is 12.2. The van der Waals surface area contributed by atoms with Gasteiger partial charge in [-0.15, -0.1) is 0 Å². The minimum Gasteiger partial charge on any atom is -0.455 e. The van der Waals surface area contributed by atoms with Crippen LogP contribution in [0.2, 0.25) is 0 Å². The van der Waals surface area contributed by atoms with Crippen LogP contribution in [0.15, 0.2) is 179 Å². The van der Waals surface area contributed by atoms with Crippen LogP contribution >= 0.6 is 0 Å². The SMILES string of the molecule is c1ccc2c(c1)oc1c(-c3cc(-n4c5ccccc5c5ccccc54)cc4c3oc3ccc(-n5c6ccccc6c6ccccc65)cc34)cccc12. The Morgan fingerprint density at radius 1 is 0.288 bits per heavy atom. The lowest BCUT2D eigenvalue weighted by Crippen LogP contribution is -1.95. The van der Waals surface area contributed by atoms with Gasteiger partial charge < -0.3 is 18.0 Å². The molecule has 4 aromatic heterocycles. The Labute approximate surface area is 296 Å². The summed E-state index contributed by atoms with van der Waals surface area (Å²) in [6.45, 7) is 0. The molecule has 0 fully saturated rings. The number of para-hydroxylation sites is 6. The van der Waals surface area contributed by atoms with Crippen LogP contribution in [0.3, 0.4) is 0 Å². The summed E-state index contributed by atoms with van der Waals surface area (Å²) >= 11 is 0. The number of hydrogen-bond acceptors (Lipinski definition) is 2. The second kappa shape index (κ2) is 10.3. The molecule has 0 amide bonds. The van der Waals surface area contributed by atoms with Crippen LogP contribution in [0.1, 0.15) is 0 Å². The van der Waals surface area contributed by atoms with E-state index in [0.29, 0.717) is 0 Å². The third kappa shape index (κ3) is 3.70. The number of furan rings is 2. The fourth-order valence-corrected chi connectivity index (χ4v) is 8.68. The van der Waals surface area contributed by atoms with Crippen molar-refractivity contribution in [1.82, 2.24) is 9.13 Å². The minimum absolute atomic E-state index is 0.840. The molecule has 0 radical (unpaired) electrons. The minimum atomic E-state index is 0.840. The lowest BCUT2D eigenvalue weighted by molar-refractivity contribution is 0.665. The van der Waals surface area contributed by atoms with Crippen molar-refractivity contribution in [1.29, 1.82) is 0 Å². The van der Waals surface area contributed by atoms with Crippen molar-refractivity contribution in [2.75, 3.05) is 0 Å². The average Bonchev–Trinajstić information content (AvgIpc) is 3.95. The van der Waals surface area contributed by atoms with E-state index in [2.05, 4.69) is 167 Å². The number of rotatable bonds is 3. The van der Waals surface area contributed by atoms with Crippen LogP contribution in [0, 0.1) is 0 Å². The van der Waals surface area contributed by atoms with Crippen molar-refractivity contribution >= 4 is 87.5 Å². The quantitative estimate of drug-likeness (QED) is 0.188. The van der Waals surface area contributed by atoms with Crippen LogP contribution in [0.4, 0.5) is 0 Å². The van der Waals surface area contributed by atoms with E-state index in [4.69, 9.17) is 8.83 Å². The molecule has 0 spiro atoms. The first-order valence-electron chi connectivity index (χ1n) is 17.7. The van der Waals surface area contributed by atoms with Crippen LogP contribution in [-0.2, 0) is 0 Å². The lowest BCUT2D eigenvalue weighted by atomic mass is 9.98. The van der Waals surface area contributed by atoms with E-state index in [1.807, 2.05) is 12.1 Å². The standard InChI is InChI=1S/C48H28N2O2/c1-6-19-41-31(12-1)32-13-2-7-20-42(32)49(41)29-24-25-46-38(26-29)40-28-30(50-43-21-8-3-14-33(43)34-15-4-9-22-44(34)50)27-39(48(40)52-46)37-18-11-17-36-35-16-5-10-23-45(35)51-47(36)37/h1-28H. The monoisotopic (exact) mass is 664 g/mol. The van der Waals surface area contributed by atoms with E-state index in [9.17, 15) is 0 Å². The molecule has 0 atom stereocenters. The van der Waals surface area contributed by atoms with Crippen molar-refractivity contribution < 1.29 is 8.83 Å². The predicted molar refractivity (Wildman–Crippen MR) is 215 cm³/mol. The third-order valence-corrected chi connectivity index (χ3v) is 10.9. The van der Waals surface area contributed by atoms with Crippen molar-refractivity contribution in [2.45, 2.75) is 0 Å². The number of hydrogen-bond donors (Lipinski definition) is 0. The second-order valence-electron chi connectivity index (χ2n) is 13.7. The highest BCUT2D eigenvalue weighted by atomic mass is 16.3. The molecule has 0 aliphatic heterocycles. The number of benzene rings is 8. The van der Waals surface area contributed by atoms with E-state index in [0.717, 1.165) is 77.4 Å². The Morgan fingerprint density at radius 2 is 0.750 bits per heavy atom. The topological polar surface area (TPSA) is 36.1 Å². The Bertz CT molecular complexity index is 3320. The van der Waals surface area contributed by atoms with Gasteiger partial charge in [0.05, 0.1) is 22.1 Å². The molecule has 12 aromatic rings. The summed E-state index contributed by atoms with van der Waals surface area (Å²) in [7, 11) is 0. The van der Waals surface area contributed by atoms with Crippen molar-refractivity contribution in [3.05, 3.63) is 170 Å². The van der Waals surface area contributed by atoms with Crippen molar-refractivity contribution in [3.8, 4) is 22.5 Å². The maximum atomic E-state index is 6.90. The molecule has 0 saturated heterocycles. The zero-order chi connectivity index (χ0) is 33.9. The molecule has 4 heterocycles.